The fraction of sp³-hybridized carbons (Fsp3) is 0.450. The summed E-state index contributed by atoms with van der Waals surface area (Å²) in [4.78, 5) is 38.6. The fourth-order valence-electron chi connectivity index (χ4n) is 4.41. The minimum Gasteiger partial charge on any atom is -0.478 e. The van der Waals surface area contributed by atoms with Gasteiger partial charge in [0, 0.05) is 5.56 Å². The van der Waals surface area contributed by atoms with Crippen LogP contribution in [-0.4, -0.2) is 28.5 Å². The normalized spacial score (nSPS) is 29.4. The third-order valence-corrected chi connectivity index (χ3v) is 5.85. The number of aliphatic carboxylic acids is 1. The van der Waals surface area contributed by atoms with Crippen LogP contribution >= 0.6 is 0 Å². The van der Waals surface area contributed by atoms with Crippen LogP contribution in [0, 0.1) is 30.6 Å². The summed E-state index contributed by atoms with van der Waals surface area (Å²) in [6, 6.07) is 5.04. The van der Waals surface area contributed by atoms with Gasteiger partial charge in [0.25, 0.3) is 0 Å². The third kappa shape index (κ3) is 2.21. The highest BCUT2D eigenvalue weighted by Crippen LogP contribution is 2.53. The number of imide groups is 1. The number of hydrogen-bond donors (Lipinski definition) is 1. The maximum Gasteiger partial charge on any atom is 0.347 e. The minimum absolute atomic E-state index is 0.150. The highest BCUT2D eigenvalue weighted by atomic mass is 16.5. The highest BCUT2D eigenvalue weighted by molar-refractivity contribution is 6.23. The predicted molar refractivity (Wildman–Crippen MR) is 93.7 cm³/mol. The molecule has 1 aromatic rings. The van der Waals surface area contributed by atoms with Gasteiger partial charge < -0.3 is 9.84 Å². The first-order chi connectivity index (χ1) is 12.2. The number of rotatable bonds is 4. The largest absolute Gasteiger partial charge is 0.478 e. The molecule has 2 aliphatic carbocycles. The molecule has 4 rings (SSSR count). The SMILES string of the molecule is Cc1c(OC(C)(C)C(=O)O)cccc1N1C(=O)[C@@H]2[C@H](C1=O)[C@@H]1C=C[C@H]2C1. The number of benzene rings is 1. The topological polar surface area (TPSA) is 83.9 Å². The molecule has 0 spiro atoms. The molecule has 2 amide bonds. The molecule has 26 heavy (non-hydrogen) atoms. The van der Waals surface area contributed by atoms with Crippen LogP contribution in [0.3, 0.4) is 0 Å². The minimum atomic E-state index is -1.41. The zero-order valence-electron chi connectivity index (χ0n) is 14.9. The molecule has 1 aromatic carbocycles. The van der Waals surface area contributed by atoms with Crippen LogP contribution < -0.4 is 9.64 Å². The van der Waals surface area contributed by atoms with Gasteiger partial charge in [0.05, 0.1) is 17.5 Å². The zero-order chi connectivity index (χ0) is 18.8. The molecule has 1 saturated carbocycles. The lowest BCUT2D eigenvalue weighted by atomic mass is 9.85. The molecule has 0 radical (unpaired) electrons. The van der Waals surface area contributed by atoms with Crippen LogP contribution in [0.15, 0.2) is 30.4 Å². The highest BCUT2D eigenvalue weighted by Gasteiger charge is 2.59. The number of carbonyl (C=O) groups is 3. The Morgan fingerprint density at radius 1 is 1.15 bits per heavy atom. The number of fused-ring (bicyclic) bond motifs is 5. The Hall–Kier alpha value is -2.63. The van der Waals surface area contributed by atoms with E-state index in [1.807, 2.05) is 0 Å². The van der Waals surface area contributed by atoms with E-state index in [0.29, 0.717) is 17.0 Å². The number of anilines is 1. The molecule has 1 aliphatic heterocycles. The molecule has 6 heteroatoms. The molecule has 2 fully saturated rings. The van der Waals surface area contributed by atoms with E-state index >= 15 is 0 Å². The van der Waals surface area contributed by atoms with Crippen molar-refractivity contribution in [3.05, 3.63) is 35.9 Å². The van der Waals surface area contributed by atoms with Crippen molar-refractivity contribution in [2.24, 2.45) is 23.7 Å². The lowest BCUT2D eigenvalue weighted by Gasteiger charge is -2.25. The summed E-state index contributed by atoms with van der Waals surface area (Å²) in [7, 11) is 0. The van der Waals surface area contributed by atoms with Crippen molar-refractivity contribution in [1.82, 2.24) is 0 Å². The van der Waals surface area contributed by atoms with Crippen LogP contribution in [0.1, 0.15) is 25.8 Å². The van der Waals surface area contributed by atoms with Crippen LogP contribution in [-0.2, 0) is 14.4 Å². The van der Waals surface area contributed by atoms with Gasteiger partial charge in [-0.05, 0) is 51.2 Å². The molecule has 136 valence electrons. The lowest BCUT2D eigenvalue weighted by molar-refractivity contribution is -0.152. The Labute approximate surface area is 151 Å². The van der Waals surface area contributed by atoms with Crippen molar-refractivity contribution < 1.29 is 24.2 Å². The molecule has 1 saturated heterocycles. The summed E-state index contributed by atoms with van der Waals surface area (Å²) in [6.07, 6.45) is 5.00. The number of ether oxygens (including phenoxy) is 1. The van der Waals surface area contributed by atoms with E-state index in [1.165, 1.54) is 18.7 Å². The maximum absolute atomic E-state index is 13.0. The smallest absolute Gasteiger partial charge is 0.347 e. The van der Waals surface area contributed by atoms with Gasteiger partial charge >= 0.3 is 5.97 Å². The second-order valence-electron chi connectivity index (χ2n) is 7.83. The number of hydrogen-bond acceptors (Lipinski definition) is 4. The molecular formula is C20H21NO5. The van der Waals surface area contributed by atoms with Gasteiger partial charge in [0.2, 0.25) is 11.8 Å². The van der Waals surface area contributed by atoms with Gasteiger partial charge in [-0.15, -0.1) is 0 Å². The zero-order valence-corrected chi connectivity index (χ0v) is 14.9. The van der Waals surface area contributed by atoms with Crippen LogP contribution in [0.2, 0.25) is 0 Å². The van der Waals surface area contributed by atoms with Crippen molar-refractivity contribution in [2.45, 2.75) is 32.8 Å². The van der Waals surface area contributed by atoms with Gasteiger partial charge in [0.1, 0.15) is 5.75 Å². The number of carbonyl (C=O) groups excluding carboxylic acids is 2. The molecule has 1 heterocycles. The average Bonchev–Trinajstić information content (AvgIpc) is 3.24. The maximum atomic E-state index is 13.0. The molecule has 3 aliphatic rings. The second kappa shape index (κ2) is 5.43. The first kappa shape index (κ1) is 16.8. The van der Waals surface area contributed by atoms with Crippen LogP contribution in [0.25, 0.3) is 0 Å². The second-order valence-corrected chi connectivity index (χ2v) is 7.83. The van der Waals surface area contributed by atoms with E-state index in [0.717, 1.165) is 6.42 Å². The van der Waals surface area contributed by atoms with Gasteiger partial charge in [-0.25, -0.2) is 9.69 Å². The summed E-state index contributed by atoms with van der Waals surface area (Å²) >= 11 is 0. The number of allylic oxidation sites excluding steroid dienone is 2. The number of carboxylic acids is 1. The van der Waals surface area contributed by atoms with Gasteiger partial charge in [-0.1, -0.05) is 18.2 Å². The summed E-state index contributed by atoms with van der Waals surface area (Å²) in [5.41, 5.74) is -0.349. The van der Waals surface area contributed by atoms with Gasteiger partial charge in [-0.3, -0.25) is 9.59 Å². The third-order valence-electron chi connectivity index (χ3n) is 5.85. The average molecular weight is 355 g/mol. The molecule has 4 atom stereocenters. The summed E-state index contributed by atoms with van der Waals surface area (Å²) in [6.45, 7) is 4.66. The van der Waals surface area contributed by atoms with E-state index < -0.39 is 11.6 Å². The van der Waals surface area contributed by atoms with Crippen molar-refractivity contribution in [3.8, 4) is 5.75 Å². The summed E-state index contributed by atoms with van der Waals surface area (Å²) < 4.78 is 5.65. The van der Waals surface area contributed by atoms with Crippen LogP contribution in [0.5, 0.6) is 5.75 Å². The summed E-state index contributed by atoms with van der Waals surface area (Å²) in [5.74, 6) is -1.28. The van der Waals surface area contributed by atoms with E-state index in [9.17, 15) is 19.5 Å². The van der Waals surface area contributed by atoms with E-state index in [-0.39, 0.29) is 35.5 Å². The quantitative estimate of drug-likeness (QED) is 0.663. The number of nitrogens with zero attached hydrogens (tertiary/aromatic N) is 1. The lowest BCUT2D eigenvalue weighted by Crippen LogP contribution is -2.38. The standard InChI is InChI=1S/C20H21NO5/c1-10-13(5-4-6-14(10)26-20(2,3)19(24)25)21-17(22)15-11-7-8-12(9-11)16(15)18(21)23/h4-8,11-12,15-16H,9H2,1-3H3,(H,24,25)/t11-,12+,15-,16+. The Bertz CT molecular complexity index is 826. The first-order valence-corrected chi connectivity index (χ1v) is 8.80. The van der Waals surface area contributed by atoms with E-state index in [4.69, 9.17) is 4.74 Å². The Morgan fingerprint density at radius 2 is 1.73 bits per heavy atom. The molecule has 6 nitrogen and oxygen atoms in total. The first-order valence-electron chi connectivity index (χ1n) is 8.80. The molecule has 0 unspecified atom stereocenters. The molecular weight excluding hydrogens is 334 g/mol. The monoisotopic (exact) mass is 355 g/mol. The summed E-state index contributed by atoms with van der Waals surface area (Å²) in [5, 5.41) is 9.28. The molecule has 2 bridgehead atoms. The van der Waals surface area contributed by atoms with Crippen LogP contribution in [0.4, 0.5) is 5.69 Å². The number of amides is 2. The van der Waals surface area contributed by atoms with Crippen molar-refractivity contribution in [3.63, 3.8) is 0 Å². The van der Waals surface area contributed by atoms with Crippen molar-refractivity contribution >= 4 is 23.5 Å². The Morgan fingerprint density at radius 3 is 2.27 bits per heavy atom. The van der Waals surface area contributed by atoms with E-state index in [1.54, 1.807) is 25.1 Å². The van der Waals surface area contributed by atoms with Crippen molar-refractivity contribution in [2.75, 3.05) is 4.90 Å². The van der Waals surface area contributed by atoms with E-state index in [2.05, 4.69) is 12.2 Å². The predicted octanol–water partition coefficient (Wildman–Crippen LogP) is 2.55. The Kier molecular flexibility index (Phi) is 3.51. The fourth-order valence-corrected chi connectivity index (χ4v) is 4.41. The van der Waals surface area contributed by atoms with Gasteiger partial charge in [-0.2, -0.15) is 0 Å². The Balaban J connectivity index is 1.69. The van der Waals surface area contributed by atoms with Gasteiger partial charge in [0.15, 0.2) is 5.60 Å². The van der Waals surface area contributed by atoms with Crippen molar-refractivity contribution in [1.29, 1.82) is 0 Å². The molecule has 1 N–H and O–H groups in total. The number of carboxylic acid groups (broad SMARTS) is 1. The molecule has 0 aromatic heterocycles.